The van der Waals surface area contributed by atoms with Gasteiger partial charge in [0.2, 0.25) is 0 Å². The van der Waals surface area contributed by atoms with Crippen LogP contribution in [0.5, 0.6) is 0 Å². The Morgan fingerprint density at radius 3 is 2.81 bits per heavy atom. The Bertz CT molecular complexity index is 318. The van der Waals surface area contributed by atoms with Crippen molar-refractivity contribution in [1.82, 2.24) is 0 Å². The number of unbranched alkanes of at least 4 members (excludes halogenated alkanes) is 2. The van der Waals surface area contributed by atoms with Gasteiger partial charge in [-0.25, -0.2) is 4.39 Å². The van der Waals surface area contributed by atoms with E-state index in [0.29, 0.717) is 5.69 Å². The van der Waals surface area contributed by atoms with Gasteiger partial charge < -0.3 is 11.1 Å². The monoisotopic (exact) mass is 242 g/mol. The highest BCUT2D eigenvalue weighted by molar-refractivity contribution is 7.98. The van der Waals surface area contributed by atoms with Crippen molar-refractivity contribution < 1.29 is 4.39 Å². The first-order chi connectivity index (χ1) is 7.74. The highest BCUT2D eigenvalue weighted by Crippen LogP contribution is 2.18. The van der Waals surface area contributed by atoms with Crippen LogP contribution >= 0.6 is 11.8 Å². The van der Waals surface area contributed by atoms with Crippen molar-refractivity contribution in [3.63, 3.8) is 0 Å². The van der Waals surface area contributed by atoms with Crippen LogP contribution in [-0.2, 0) is 0 Å². The molecule has 0 aliphatic rings. The molecule has 0 bridgehead atoms. The van der Waals surface area contributed by atoms with Crippen molar-refractivity contribution >= 4 is 23.1 Å². The number of nitrogen functional groups attached to an aromatic ring is 1. The van der Waals surface area contributed by atoms with E-state index in [2.05, 4.69) is 11.6 Å². The van der Waals surface area contributed by atoms with E-state index in [1.54, 1.807) is 6.07 Å². The van der Waals surface area contributed by atoms with Crippen LogP contribution in [0.25, 0.3) is 0 Å². The lowest BCUT2D eigenvalue weighted by atomic mass is 10.2. The summed E-state index contributed by atoms with van der Waals surface area (Å²) in [5.41, 5.74) is 6.98. The van der Waals surface area contributed by atoms with Crippen molar-refractivity contribution in [2.24, 2.45) is 0 Å². The first-order valence-electron chi connectivity index (χ1n) is 5.52. The Kier molecular flexibility index (Phi) is 6.08. The van der Waals surface area contributed by atoms with Gasteiger partial charge in [0.1, 0.15) is 5.82 Å². The topological polar surface area (TPSA) is 38.0 Å². The molecule has 0 heterocycles. The van der Waals surface area contributed by atoms with E-state index >= 15 is 0 Å². The Labute approximate surface area is 101 Å². The van der Waals surface area contributed by atoms with Crippen LogP contribution in [0.15, 0.2) is 18.2 Å². The predicted molar refractivity (Wildman–Crippen MR) is 71.5 cm³/mol. The molecule has 90 valence electrons. The van der Waals surface area contributed by atoms with Gasteiger partial charge in [-0.3, -0.25) is 0 Å². The second kappa shape index (κ2) is 7.39. The van der Waals surface area contributed by atoms with Gasteiger partial charge >= 0.3 is 0 Å². The smallest absolute Gasteiger partial charge is 0.125 e. The molecule has 0 amide bonds. The quantitative estimate of drug-likeness (QED) is 0.569. The van der Waals surface area contributed by atoms with Crippen molar-refractivity contribution in [2.45, 2.75) is 19.3 Å². The zero-order chi connectivity index (χ0) is 11.8. The lowest BCUT2D eigenvalue weighted by Crippen LogP contribution is -2.04. The maximum atomic E-state index is 12.8. The summed E-state index contributed by atoms with van der Waals surface area (Å²) in [5.74, 6) is 0.932. The number of halogens is 1. The maximum Gasteiger partial charge on any atom is 0.125 e. The van der Waals surface area contributed by atoms with Crippen LogP contribution in [0.4, 0.5) is 15.8 Å². The first kappa shape index (κ1) is 13.2. The highest BCUT2D eigenvalue weighted by atomic mass is 32.2. The van der Waals surface area contributed by atoms with Crippen molar-refractivity contribution in [2.75, 3.05) is 29.6 Å². The van der Waals surface area contributed by atoms with E-state index in [9.17, 15) is 4.39 Å². The zero-order valence-electron chi connectivity index (χ0n) is 9.63. The summed E-state index contributed by atoms with van der Waals surface area (Å²) in [4.78, 5) is 0. The Hall–Kier alpha value is -0.900. The molecule has 0 aliphatic heterocycles. The standard InChI is InChI=1S/C12H19FN2S/c1-16-8-4-2-3-7-15-12-6-5-10(13)9-11(12)14/h5-6,9,15H,2-4,7-8,14H2,1H3. The molecule has 1 aromatic carbocycles. The Morgan fingerprint density at radius 1 is 1.31 bits per heavy atom. The molecule has 0 fully saturated rings. The van der Waals surface area contributed by atoms with E-state index in [1.165, 1.54) is 30.7 Å². The normalized spacial score (nSPS) is 10.4. The van der Waals surface area contributed by atoms with Gasteiger partial charge in [-0.2, -0.15) is 11.8 Å². The molecule has 0 spiro atoms. The molecule has 0 unspecified atom stereocenters. The van der Waals surface area contributed by atoms with Crippen molar-refractivity contribution in [3.05, 3.63) is 24.0 Å². The van der Waals surface area contributed by atoms with Gasteiger partial charge in [0, 0.05) is 6.54 Å². The number of anilines is 2. The largest absolute Gasteiger partial charge is 0.397 e. The van der Waals surface area contributed by atoms with Crippen LogP contribution in [-0.4, -0.2) is 18.6 Å². The number of nitrogens with two attached hydrogens (primary N) is 1. The van der Waals surface area contributed by atoms with E-state index < -0.39 is 0 Å². The van der Waals surface area contributed by atoms with Crippen LogP contribution in [0.3, 0.4) is 0 Å². The fourth-order valence-corrected chi connectivity index (χ4v) is 1.96. The molecular weight excluding hydrogens is 223 g/mol. The lowest BCUT2D eigenvalue weighted by molar-refractivity contribution is 0.628. The number of hydrogen-bond donors (Lipinski definition) is 2. The molecule has 0 saturated heterocycles. The highest BCUT2D eigenvalue weighted by Gasteiger charge is 1.99. The third-order valence-electron chi connectivity index (χ3n) is 2.35. The summed E-state index contributed by atoms with van der Waals surface area (Å²) in [7, 11) is 0. The molecule has 4 heteroatoms. The Morgan fingerprint density at radius 2 is 2.12 bits per heavy atom. The number of benzene rings is 1. The second-order valence-corrected chi connectivity index (χ2v) is 4.70. The van der Waals surface area contributed by atoms with Crippen LogP contribution in [0.2, 0.25) is 0 Å². The fourth-order valence-electron chi connectivity index (χ4n) is 1.47. The minimum atomic E-state index is -0.289. The van der Waals surface area contributed by atoms with Gasteiger partial charge in [0.05, 0.1) is 11.4 Å². The van der Waals surface area contributed by atoms with Gasteiger partial charge in [-0.05, 0) is 43.0 Å². The van der Waals surface area contributed by atoms with Crippen molar-refractivity contribution in [3.8, 4) is 0 Å². The number of hydrogen-bond acceptors (Lipinski definition) is 3. The molecule has 1 aromatic rings. The average molecular weight is 242 g/mol. The van der Waals surface area contributed by atoms with Crippen LogP contribution in [0.1, 0.15) is 19.3 Å². The third-order valence-corrected chi connectivity index (χ3v) is 3.05. The van der Waals surface area contributed by atoms with E-state index in [1.807, 2.05) is 11.8 Å². The first-order valence-corrected chi connectivity index (χ1v) is 6.91. The summed E-state index contributed by atoms with van der Waals surface area (Å²) < 4.78 is 12.8. The van der Waals surface area contributed by atoms with Gasteiger partial charge in [0.25, 0.3) is 0 Å². The molecule has 0 radical (unpaired) electrons. The molecule has 0 saturated carbocycles. The molecule has 0 aliphatic carbocycles. The van der Waals surface area contributed by atoms with Gasteiger partial charge in [-0.1, -0.05) is 6.42 Å². The van der Waals surface area contributed by atoms with E-state index in [0.717, 1.165) is 18.7 Å². The second-order valence-electron chi connectivity index (χ2n) is 3.71. The Balaban J connectivity index is 2.21. The van der Waals surface area contributed by atoms with Crippen LogP contribution in [0, 0.1) is 5.82 Å². The summed E-state index contributed by atoms with van der Waals surface area (Å²) in [5, 5.41) is 3.22. The lowest BCUT2D eigenvalue weighted by Gasteiger charge is -2.08. The third kappa shape index (κ3) is 4.75. The molecule has 0 aromatic heterocycles. The maximum absolute atomic E-state index is 12.8. The molecule has 3 N–H and O–H groups in total. The number of rotatable bonds is 7. The SMILES string of the molecule is CSCCCCCNc1ccc(F)cc1N. The molecular formula is C12H19FN2S. The van der Waals surface area contributed by atoms with Gasteiger partial charge in [-0.15, -0.1) is 0 Å². The summed E-state index contributed by atoms with van der Waals surface area (Å²) in [6.45, 7) is 0.893. The average Bonchev–Trinajstić information content (AvgIpc) is 2.26. The van der Waals surface area contributed by atoms with E-state index in [-0.39, 0.29) is 5.82 Å². The molecule has 1 rings (SSSR count). The number of nitrogens with one attached hydrogen (secondary N) is 1. The van der Waals surface area contributed by atoms with Crippen molar-refractivity contribution in [1.29, 1.82) is 0 Å². The molecule has 0 atom stereocenters. The number of thioether (sulfide) groups is 1. The molecule has 16 heavy (non-hydrogen) atoms. The minimum Gasteiger partial charge on any atom is -0.397 e. The zero-order valence-corrected chi connectivity index (χ0v) is 10.4. The summed E-state index contributed by atoms with van der Waals surface area (Å²) in [6.07, 6.45) is 5.71. The van der Waals surface area contributed by atoms with Gasteiger partial charge in [0.15, 0.2) is 0 Å². The van der Waals surface area contributed by atoms with E-state index in [4.69, 9.17) is 5.73 Å². The van der Waals surface area contributed by atoms with Crippen LogP contribution < -0.4 is 11.1 Å². The fraction of sp³-hybridized carbons (Fsp3) is 0.500. The summed E-state index contributed by atoms with van der Waals surface area (Å²) >= 11 is 1.88. The predicted octanol–water partition coefficient (Wildman–Crippen LogP) is 3.35. The summed E-state index contributed by atoms with van der Waals surface area (Å²) in [6, 6.07) is 4.45. The minimum absolute atomic E-state index is 0.289. The molecule has 2 nitrogen and oxygen atoms in total.